The van der Waals surface area contributed by atoms with Gasteiger partial charge in [-0.15, -0.1) is 11.3 Å². The lowest BCUT2D eigenvalue weighted by molar-refractivity contribution is 0.102. The van der Waals surface area contributed by atoms with Crippen molar-refractivity contribution in [3.63, 3.8) is 0 Å². The zero-order valence-electron chi connectivity index (χ0n) is 18.3. The SMILES string of the molecule is COc1ccc(-c2nc(C(=O)Nc3ccc(OC)c(OC4CCCC4)c3)cs2)cc1OC. The molecular weight excluding hydrogens is 428 g/mol. The molecule has 0 atom stereocenters. The van der Waals surface area contributed by atoms with Crippen molar-refractivity contribution in [3.05, 3.63) is 47.5 Å². The van der Waals surface area contributed by atoms with Gasteiger partial charge in [0.2, 0.25) is 0 Å². The minimum Gasteiger partial charge on any atom is -0.493 e. The normalized spacial score (nSPS) is 13.6. The molecule has 32 heavy (non-hydrogen) atoms. The van der Waals surface area contributed by atoms with Crippen molar-refractivity contribution in [2.75, 3.05) is 26.6 Å². The van der Waals surface area contributed by atoms with E-state index in [0.717, 1.165) is 23.4 Å². The number of thiazole rings is 1. The van der Waals surface area contributed by atoms with Gasteiger partial charge in [0.15, 0.2) is 23.0 Å². The van der Waals surface area contributed by atoms with E-state index in [4.69, 9.17) is 18.9 Å². The van der Waals surface area contributed by atoms with E-state index in [-0.39, 0.29) is 12.0 Å². The number of carbonyl (C=O) groups excluding carboxylic acids is 1. The van der Waals surface area contributed by atoms with Crippen molar-refractivity contribution in [2.45, 2.75) is 31.8 Å². The summed E-state index contributed by atoms with van der Waals surface area (Å²) in [5.41, 5.74) is 1.82. The van der Waals surface area contributed by atoms with E-state index >= 15 is 0 Å². The lowest BCUT2D eigenvalue weighted by atomic mass is 10.2. The lowest BCUT2D eigenvalue weighted by Gasteiger charge is -2.17. The Morgan fingerprint density at radius 1 is 0.938 bits per heavy atom. The van der Waals surface area contributed by atoms with Gasteiger partial charge >= 0.3 is 0 Å². The topological polar surface area (TPSA) is 78.9 Å². The minimum absolute atomic E-state index is 0.192. The molecule has 0 aliphatic heterocycles. The summed E-state index contributed by atoms with van der Waals surface area (Å²) in [6.45, 7) is 0. The molecule has 1 saturated carbocycles. The molecule has 1 aliphatic rings. The van der Waals surface area contributed by atoms with Crippen LogP contribution in [-0.2, 0) is 0 Å². The Morgan fingerprint density at radius 3 is 2.34 bits per heavy atom. The largest absolute Gasteiger partial charge is 0.493 e. The molecule has 1 heterocycles. The van der Waals surface area contributed by atoms with Crippen LogP contribution in [0.5, 0.6) is 23.0 Å². The lowest BCUT2D eigenvalue weighted by Crippen LogP contribution is -2.14. The second-order valence-corrected chi connectivity index (χ2v) is 8.31. The fraction of sp³-hybridized carbons (Fsp3) is 0.333. The van der Waals surface area contributed by atoms with E-state index in [9.17, 15) is 4.79 Å². The first kappa shape index (κ1) is 22.0. The Labute approximate surface area is 191 Å². The summed E-state index contributed by atoms with van der Waals surface area (Å²) in [4.78, 5) is 17.3. The number of carbonyl (C=O) groups is 1. The van der Waals surface area contributed by atoms with Gasteiger partial charge in [-0.2, -0.15) is 0 Å². The van der Waals surface area contributed by atoms with Crippen LogP contribution < -0.4 is 24.3 Å². The number of nitrogens with zero attached hydrogens (tertiary/aromatic N) is 1. The van der Waals surface area contributed by atoms with E-state index in [1.165, 1.54) is 24.2 Å². The van der Waals surface area contributed by atoms with Gasteiger partial charge in [0, 0.05) is 22.7 Å². The van der Waals surface area contributed by atoms with Gasteiger partial charge in [-0.3, -0.25) is 4.79 Å². The maximum atomic E-state index is 12.8. The summed E-state index contributed by atoms with van der Waals surface area (Å²) in [6, 6.07) is 10.9. The predicted molar refractivity (Wildman–Crippen MR) is 124 cm³/mol. The quantitative estimate of drug-likeness (QED) is 0.490. The smallest absolute Gasteiger partial charge is 0.275 e. The van der Waals surface area contributed by atoms with Crippen molar-refractivity contribution >= 4 is 22.9 Å². The summed E-state index contributed by atoms with van der Waals surface area (Å²) in [6.07, 6.45) is 4.62. The third-order valence-electron chi connectivity index (χ3n) is 5.38. The first-order chi connectivity index (χ1) is 15.6. The predicted octanol–water partition coefficient (Wildman–Crippen LogP) is 5.41. The number of aromatic nitrogens is 1. The number of anilines is 1. The van der Waals surface area contributed by atoms with Gasteiger partial charge in [-0.05, 0) is 56.0 Å². The Bertz CT molecular complexity index is 1090. The monoisotopic (exact) mass is 454 g/mol. The maximum Gasteiger partial charge on any atom is 0.275 e. The molecule has 1 amide bonds. The molecule has 8 heteroatoms. The first-order valence-electron chi connectivity index (χ1n) is 10.4. The number of benzene rings is 2. The molecule has 4 rings (SSSR count). The third kappa shape index (κ3) is 4.80. The molecule has 0 saturated heterocycles. The van der Waals surface area contributed by atoms with E-state index in [0.29, 0.717) is 34.4 Å². The molecule has 2 aromatic carbocycles. The van der Waals surface area contributed by atoms with Gasteiger partial charge < -0.3 is 24.3 Å². The number of nitrogens with one attached hydrogen (secondary N) is 1. The summed E-state index contributed by atoms with van der Waals surface area (Å²) in [7, 11) is 4.79. The summed E-state index contributed by atoms with van der Waals surface area (Å²) < 4.78 is 22.2. The second kappa shape index (κ2) is 9.91. The van der Waals surface area contributed by atoms with Crippen LogP contribution in [0.3, 0.4) is 0 Å². The van der Waals surface area contributed by atoms with Gasteiger partial charge in [0.1, 0.15) is 10.7 Å². The highest BCUT2D eigenvalue weighted by atomic mass is 32.1. The molecule has 7 nitrogen and oxygen atoms in total. The molecule has 1 N–H and O–H groups in total. The maximum absolute atomic E-state index is 12.8. The number of ether oxygens (including phenoxy) is 4. The van der Waals surface area contributed by atoms with Crippen LogP contribution in [0.4, 0.5) is 5.69 Å². The Morgan fingerprint density at radius 2 is 1.62 bits per heavy atom. The zero-order valence-corrected chi connectivity index (χ0v) is 19.2. The number of methoxy groups -OCH3 is 3. The molecule has 0 unspecified atom stereocenters. The third-order valence-corrected chi connectivity index (χ3v) is 6.28. The molecule has 1 fully saturated rings. The molecule has 168 valence electrons. The number of hydrogen-bond donors (Lipinski definition) is 1. The molecule has 0 bridgehead atoms. The van der Waals surface area contributed by atoms with Crippen LogP contribution in [0.1, 0.15) is 36.2 Å². The highest BCUT2D eigenvalue weighted by Crippen LogP contribution is 2.35. The molecule has 3 aromatic rings. The standard InChI is InChI=1S/C24H26N2O5S/c1-28-19-10-8-15(12-21(19)30-3)24-26-18(14-32-24)23(27)25-16-9-11-20(29-2)22(13-16)31-17-6-4-5-7-17/h8-14,17H,4-7H2,1-3H3,(H,25,27). The van der Waals surface area contributed by atoms with Crippen molar-refractivity contribution in [1.82, 2.24) is 4.98 Å². The van der Waals surface area contributed by atoms with E-state index < -0.39 is 0 Å². The molecule has 1 aliphatic carbocycles. The van der Waals surface area contributed by atoms with Crippen molar-refractivity contribution < 1.29 is 23.7 Å². The van der Waals surface area contributed by atoms with E-state index in [2.05, 4.69) is 10.3 Å². The Hall–Kier alpha value is -3.26. The fourth-order valence-corrected chi connectivity index (χ4v) is 4.50. The number of hydrogen-bond acceptors (Lipinski definition) is 7. The van der Waals surface area contributed by atoms with Gasteiger partial charge in [-0.1, -0.05) is 0 Å². The van der Waals surface area contributed by atoms with Crippen LogP contribution in [0.15, 0.2) is 41.8 Å². The van der Waals surface area contributed by atoms with Crippen LogP contribution in [0, 0.1) is 0 Å². The van der Waals surface area contributed by atoms with Gasteiger partial charge in [-0.25, -0.2) is 4.98 Å². The fourth-order valence-electron chi connectivity index (χ4n) is 3.71. The number of amides is 1. The Kier molecular flexibility index (Phi) is 6.80. The van der Waals surface area contributed by atoms with Crippen LogP contribution in [0.2, 0.25) is 0 Å². The van der Waals surface area contributed by atoms with Crippen molar-refractivity contribution in [1.29, 1.82) is 0 Å². The summed E-state index contributed by atoms with van der Waals surface area (Å²) in [5, 5.41) is 5.36. The highest BCUT2D eigenvalue weighted by Gasteiger charge is 2.20. The van der Waals surface area contributed by atoms with E-state index in [1.807, 2.05) is 18.2 Å². The molecule has 0 spiro atoms. The second-order valence-electron chi connectivity index (χ2n) is 7.45. The van der Waals surface area contributed by atoms with Crippen molar-refractivity contribution in [3.8, 4) is 33.6 Å². The van der Waals surface area contributed by atoms with Gasteiger partial charge in [0.25, 0.3) is 5.91 Å². The van der Waals surface area contributed by atoms with Crippen LogP contribution in [0.25, 0.3) is 10.6 Å². The summed E-state index contributed by atoms with van der Waals surface area (Å²) >= 11 is 1.39. The Balaban J connectivity index is 1.49. The van der Waals surface area contributed by atoms with Crippen LogP contribution >= 0.6 is 11.3 Å². The highest BCUT2D eigenvalue weighted by molar-refractivity contribution is 7.13. The minimum atomic E-state index is -0.287. The molecule has 0 radical (unpaired) electrons. The van der Waals surface area contributed by atoms with Crippen molar-refractivity contribution in [2.24, 2.45) is 0 Å². The first-order valence-corrected chi connectivity index (χ1v) is 11.3. The van der Waals surface area contributed by atoms with Crippen LogP contribution in [-0.4, -0.2) is 38.3 Å². The average Bonchev–Trinajstić information content (AvgIpc) is 3.51. The zero-order chi connectivity index (χ0) is 22.5. The average molecular weight is 455 g/mol. The number of rotatable bonds is 8. The van der Waals surface area contributed by atoms with E-state index in [1.54, 1.807) is 44.9 Å². The van der Waals surface area contributed by atoms with Gasteiger partial charge in [0.05, 0.1) is 27.4 Å². The molecule has 1 aromatic heterocycles. The molecular formula is C24H26N2O5S. The summed E-state index contributed by atoms with van der Waals surface area (Å²) in [5.74, 6) is 2.26.